The molecule has 0 bridgehead atoms. The molecular formula is C13H15FN2O3. The fourth-order valence-corrected chi connectivity index (χ4v) is 1.77. The first-order valence-corrected chi connectivity index (χ1v) is 6.07. The number of benzene rings is 1. The van der Waals surface area contributed by atoms with Gasteiger partial charge in [0.15, 0.2) is 0 Å². The molecule has 0 heterocycles. The third-order valence-corrected chi connectivity index (χ3v) is 3.10. The average Bonchev–Trinajstić information content (AvgIpc) is 2.41. The van der Waals surface area contributed by atoms with E-state index in [1.54, 1.807) is 0 Å². The van der Waals surface area contributed by atoms with Crippen molar-refractivity contribution in [1.29, 1.82) is 0 Å². The van der Waals surface area contributed by atoms with Crippen LogP contribution < -0.4 is 10.6 Å². The maximum absolute atomic E-state index is 12.7. The van der Waals surface area contributed by atoms with E-state index >= 15 is 0 Å². The average molecular weight is 266 g/mol. The Kier molecular flexibility index (Phi) is 4.11. The second kappa shape index (κ2) is 5.79. The van der Waals surface area contributed by atoms with E-state index in [1.807, 2.05) is 0 Å². The minimum Gasteiger partial charge on any atom is -0.391 e. The van der Waals surface area contributed by atoms with Gasteiger partial charge in [0.1, 0.15) is 5.82 Å². The third-order valence-electron chi connectivity index (χ3n) is 3.10. The van der Waals surface area contributed by atoms with E-state index in [0.717, 1.165) is 6.42 Å². The van der Waals surface area contributed by atoms with Crippen LogP contribution in [0.15, 0.2) is 24.3 Å². The second-order valence-corrected chi connectivity index (χ2v) is 4.51. The zero-order valence-electron chi connectivity index (χ0n) is 10.2. The summed E-state index contributed by atoms with van der Waals surface area (Å²) >= 11 is 0. The first kappa shape index (κ1) is 13.5. The largest absolute Gasteiger partial charge is 0.391 e. The number of hydrogen-bond acceptors (Lipinski definition) is 3. The fourth-order valence-electron chi connectivity index (χ4n) is 1.77. The van der Waals surface area contributed by atoms with E-state index in [2.05, 4.69) is 10.6 Å². The summed E-state index contributed by atoms with van der Waals surface area (Å²) in [5.74, 6) is -1.21. The Labute approximate surface area is 109 Å². The summed E-state index contributed by atoms with van der Waals surface area (Å²) in [4.78, 5) is 23.1. The molecule has 0 saturated heterocycles. The highest BCUT2D eigenvalue weighted by atomic mass is 19.1. The molecule has 2 atom stereocenters. The molecule has 1 fully saturated rings. The van der Waals surface area contributed by atoms with Crippen molar-refractivity contribution in [3.8, 4) is 0 Å². The summed E-state index contributed by atoms with van der Waals surface area (Å²) in [6.07, 6.45) is 0.947. The number of hydrogen-bond donors (Lipinski definition) is 3. The Morgan fingerprint density at radius 1 is 1.26 bits per heavy atom. The predicted octanol–water partition coefficient (Wildman–Crippen LogP) is 0.195. The van der Waals surface area contributed by atoms with Crippen molar-refractivity contribution in [1.82, 2.24) is 10.6 Å². The zero-order valence-corrected chi connectivity index (χ0v) is 10.2. The molecule has 0 aromatic heterocycles. The smallest absolute Gasteiger partial charge is 0.251 e. The van der Waals surface area contributed by atoms with E-state index in [-0.39, 0.29) is 24.1 Å². The van der Waals surface area contributed by atoms with Gasteiger partial charge in [-0.05, 0) is 37.1 Å². The molecule has 1 aromatic carbocycles. The number of aliphatic hydroxyl groups excluding tert-OH is 1. The standard InChI is InChI=1S/C13H15FN2O3/c14-9-3-1-8(2-4-9)13(19)15-7-12(18)16-10-5-6-11(10)17/h1-4,10-11,17H,5-7H2,(H,15,19)(H,16,18)/t10-,11-/m1/s1. The lowest BCUT2D eigenvalue weighted by atomic mass is 9.89. The maximum atomic E-state index is 12.7. The predicted molar refractivity (Wildman–Crippen MR) is 65.9 cm³/mol. The first-order valence-electron chi connectivity index (χ1n) is 6.07. The Morgan fingerprint density at radius 3 is 2.47 bits per heavy atom. The van der Waals surface area contributed by atoms with Crippen LogP contribution in [0.2, 0.25) is 0 Å². The van der Waals surface area contributed by atoms with Crippen molar-refractivity contribution in [2.45, 2.75) is 25.0 Å². The highest BCUT2D eigenvalue weighted by Crippen LogP contribution is 2.18. The molecule has 0 unspecified atom stereocenters. The van der Waals surface area contributed by atoms with Crippen molar-refractivity contribution in [2.75, 3.05) is 6.54 Å². The van der Waals surface area contributed by atoms with Gasteiger partial charge in [-0.25, -0.2) is 4.39 Å². The van der Waals surface area contributed by atoms with Gasteiger partial charge in [-0.3, -0.25) is 9.59 Å². The van der Waals surface area contributed by atoms with Gasteiger partial charge < -0.3 is 15.7 Å². The van der Waals surface area contributed by atoms with Crippen LogP contribution in [-0.4, -0.2) is 35.6 Å². The fraction of sp³-hybridized carbons (Fsp3) is 0.385. The summed E-state index contributed by atoms with van der Waals surface area (Å²) in [6, 6.07) is 4.84. The molecule has 1 aromatic rings. The summed E-state index contributed by atoms with van der Waals surface area (Å²) in [5.41, 5.74) is 0.290. The van der Waals surface area contributed by atoms with Crippen molar-refractivity contribution >= 4 is 11.8 Å². The molecule has 0 spiro atoms. The first-order chi connectivity index (χ1) is 9.06. The van der Waals surface area contributed by atoms with Crippen LogP contribution in [0.3, 0.4) is 0 Å². The maximum Gasteiger partial charge on any atom is 0.251 e. The van der Waals surface area contributed by atoms with Crippen LogP contribution in [0.1, 0.15) is 23.2 Å². The van der Waals surface area contributed by atoms with Gasteiger partial charge in [-0.15, -0.1) is 0 Å². The minimum atomic E-state index is -0.489. The normalized spacial score (nSPS) is 21.4. The van der Waals surface area contributed by atoms with Gasteiger partial charge in [-0.2, -0.15) is 0 Å². The number of nitrogens with one attached hydrogen (secondary N) is 2. The molecule has 6 heteroatoms. The van der Waals surface area contributed by atoms with Gasteiger partial charge in [0.05, 0.1) is 18.7 Å². The van der Waals surface area contributed by atoms with Gasteiger partial charge >= 0.3 is 0 Å². The van der Waals surface area contributed by atoms with Crippen LogP contribution in [0.4, 0.5) is 4.39 Å². The van der Waals surface area contributed by atoms with E-state index < -0.39 is 17.8 Å². The van der Waals surface area contributed by atoms with Crippen molar-refractivity contribution in [2.24, 2.45) is 0 Å². The van der Waals surface area contributed by atoms with E-state index in [1.165, 1.54) is 24.3 Å². The minimum absolute atomic E-state index is 0.167. The molecule has 3 N–H and O–H groups in total. The second-order valence-electron chi connectivity index (χ2n) is 4.51. The molecule has 19 heavy (non-hydrogen) atoms. The molecule has 0 radical (unpaired) electrons. The molecule has 102 valence electrons. The van der Waals surface area contributed by atoms with Gasteiger partial charge in [0.2, 0.25) is 5.91 Å². The number of halogens is 1. The van der Waals surface area contributed by atoms with E-state index in [4.69, 9.17) is 0 Å². The highest BCUT2D eigenvalue weighted by molar-refractivity contribution is 5.96. The quantitative estimate of drug-likeness (QED) is 0.728. The number of carbonyl (C=O) groups is 2. The van der Waals surface area contributed by atoms with Gasteiger partial charge in [0, 0.05) is 5.56 Å². The monoisotopic (exact) mass is 266 g/mol. The summed E-state index contributed by atoms with van der Waals surface area (Å²) in [5, 5.41) is 14.4. The summed E-state index contributed by atoms with van der Waals surface area (Å²) in [6.45, 7) is -0.167. The Hall–Kier alpha value is -1.95. The zero-order chi connectivity index (χ0) is 13.8. The van der Waals surface area contributed by atoms with Gasteiger partial charge in [0.25, 0.3) is 5.91 Å². The summed E-state index contributed by atoms with van der Waals surface area (Å²) in [7, 11) is 0. The Balaban J connectivity index is 1.76. The molecule has 1 aliphatic carbocycles. The molecule has 1 saturated carbocycles. The van der Waals surface area contributed by atoms with E-state index in [0.29, 0.717) is 6.42 Å². The van der Waals surface area contributed by atoms with Crippen molar-refractivity contribution in [3.63, 3.8) is 0 Å². The Morgan fingerprint density at radius 2 is 1.95 bits per heavy atom. The molecule has 2 amide bonds. The van der Waals surface area contributed by atoms with Crippen LogP contribution in [0.5, 0.6) is 0 Å². The molecule has 0 aliphatic heterocycles. The lowest BCUT2D eigenvalue weighted by molar-refractivity contribution is -0.123. The molecular weight excluding hydrogens is 251 g/mol. The lowest BCUT2D eigenvalue weighted by Gasteiger charge is -2.32. The number of amides is 2. The van der Waals surface area contributed by atoms with Crippen LogP contribution in [0.25, 0.3) is 0 Å². The molecule has 2 rings (SSSR count). The van der Waals surface area contributed by atoms with E-state index in [9.17, 15) is 19.1 Å². The van der Waals surface area contributed by atoms with Gasteiger partial charge in [-0.1, -0.05) is 0 Å². The highest BCUT2D eigenvalue weighted by Gasteiger charge is 2.29. The third kappa shape index (κ3) is 3.51. The molecule has 5 nitrogen and oxygen atoms in total. The Bertz CT molecular complexity index is 475. The SMILES string of the molecule is O=C(CNC(=O)c1ccc(F)cc1)N[C@@H]1CC[C@H]1O. The number of rotatable bonds is 4. The van der Waals surface area contributed by atoms with Crippen LogP contribution in [-0.2, 0) is 4.79 Å². The lowest BCUT2D eigenvalue weighted by Crippen LogP contribution is -2.52. The topological polar surface area (TPSA) is 78.4 Å². The number of aliphatic hydroxyl groups is 1. The van der Waals surface area contributed by atoms with Crippen molar-refractivity contribution in [3.05, 3.63) is 35.6 Å². The number of carbonyl (C=O) groups excluding carboxylic acids is 2. The van der Waals surface area contributed by atoms with Crippen LogP contribution in [0, 0.1) is 5.82 Å². The molecule has 1 aliphatic rings. The summed E-state index contributed by atoms with van der Waals surface area (Å²) < 4.78 is 12.7. The van der Waals surface area contributed by atoms with Crippen molar-refractivity contribution < 1.29 is 19.1 Å². The van der Waals surface area contributed by atoms with Crippen LogP contribution >= 0.6 is 0 Å².